The van der Waals surface area contributed by atoms with Gasteiger partial charge in [0.25, 0.3) is 0 Å². The van der Waals surface area contributed by atoms with Crippen molar-refractivity contribution in [2.45, 2.75) is 88.6 Å². The summed E-state index contributed by atoms with van der Waals surface area (Å²) in [6, 6.07) is 2.27. The molecular weight excluding hydrogens is 708 g/mol. The van der Waals surface area contributed by atoms with Gasteiger partial charge in [-0.25, -0.2) is 19.9 Å². The molecule has 0 bridgehead atoms. The molecule has 1 saturated heterocycles. The second kappa shape index (κ2) is 15.9. The van der Waals surface area contributed by atoms with E-state index in [-0.39, 0.29) is 17.9 Å². The zero-order valence-electron chi connectivity index (χ0n) is 30.9. The Kier molecular flexibility index (Phi) is 10.5. The lowest BCUT2D eigenvalue weighted by Gasteiger charge is -2.30. The highest BCUT2D eigenvalue weighted by Crippen LogP contribution is 2.39. The van der Waals surface area contributed by atoms with E-state index in [9.17, 15) is 10.2 Å². The number of aryl methyl sites for hydroxylation is 3. The third kappa shape index (κ3) is 8.17. The first-order valence-electron chi connectivity index (χ1n) is 18.6. The maximum Gasteiger partial charge on any atom is 0.226 e. The van der Waals surface area contributed by atoms with Gasteiger partial charge in [-0.2, -0.15) is 19.7 Å². The number of hydrogen-bond acceptors (Lipinski definition) is 17. The molecule has 2 fully saturated rings. The Labute approximate surface area is 316 Å². The van der Waals surface area contributed by atoms with Gasteiger partial charge in [0.2, 0.25) is 17.7 Å². The molecule has 1 aliphatic heterocycles. The Hall–Kier alpha value is -5.80. The van der Waals surface area contributed by atoms with Crippen molar-refractivity contribution in [3.63, 3.8) is 0 Å². The number of imidazole rings is 3. The van der Waals surface area contributed by atoms with Crippen LogP contribution in [0.3, 0.4) is 0 Å². The molecule has 0 radical (unpaired) electrons. The standard InChI is InChI=1S/C34H46N18O3/c1-4-52-47-30(46-48-52)28-26(53)27(54)32(55-28)51-19-40-25-29(44-34(45-31(25)51)37-13-10-23-16-50(3)18-39-23)42-21-7-5-20(6-8-21)41-24-11-14-36-33(43-24)35-12-9-22-15-49(2)17-38-22/h11,14-21,26-28,32,53-54H,4-10,12-13H2,1-3H3,(H2,35,36,41,43)(H2,37,42,44,45)/t20-,21-,26-,27+,28-,32+/m0/s1. The van der Waals surface area contributed by atoms with E-state index in [4.69, 9.17) is 14.7 Å². The molecule has 1 saturated carbocycles. The molecule has 6 N–H and O–H groups in total. The van der Waals surface area contributed by atoms with Crippen LogP contribution in [0, 0.1) is 0 Å². The Morgan fingerprint density at radius 3 is 2.15 bits per heavy atom. The minimum absolute atomic E-state index is 0.128. The topological polar surface area (TPSA) is 246 Å². The maximum atomic E-state index is 11.2. The third-order valence-electron chi connectivity index (χ3n) is 9.86. The number of aliphatic hydroxyl groups excluding tert-OH is 2. The van der Waals surface area contributed by atoms with Crippen molar-refractivity contribution in [3.05, 3.63) is 60.9 Å². The molecule has 1 aliphatic carbocycles. The summed E-state index contributed by atoms with van der Waals surface area (Å²) >= 11 is 0. The van der Waals surface area contributed by atoms with E-state index in [1.165, 1.54) is 4.80 Å². The Balaban J connectivity index is 0.944. The number of nitrogens with one attached hydrogen (secondary N) is 4. The van der Waals surface area contributed by atoms with E-state index in [1.54, 1.807) is 29.7 Å². The van der Waals surface area contributed by atoms with E-state index in [1.807, 2.05) is 48.6 Å². The predicted octanol–water partition coefficient (Wildman–Crippen LogP) is 1.23. The number of nitrogens with zero attached hydrogens (tertiary/aromatic N) is 14. The van der Waals surface area contributed by atoms with Crippen molar-refractivity contribution >= 4 is 34.7 Å². The number of aliphatic hydroxyl groups is 2. The summed E-state index contributed by atoms with van der Waals surface area (Å²) in [5.74, 6) is 2.50. The smallest absolute Gasteiger partial charge is 0.226 e. The van der Waals surface area contributed by atoms with Gasteiger partial charge in [0, 0.05) is 70.7 Å². The average molecular weight is 755 g/mol. The third-order valence-corrected chi connectivity index (χ3v) is 9.86. The lowest BCUT2D eigenvalue weighted by molar-refractivity contribution is -0.0384. The predicted molar refractivity (Wildman–Crippen MR) is 200 cm³/mol. The number of ether oxygens (including phenoxy) is 1. The Bertz CT molecular complexity index is 2190. The molecule has 290 valence electrons. The number of fused-ring (bicyclic) bond motifs is 1. The van der Waals surface area contributed by atoms with E-state index in [0.29, 0.717) is 54.9 Å². The fourth-order valence-corrected chi connectivity index (χ4v) is 6.99. The molecule has 0 spiro atoms. The molecule has 6 aromatic heterocycles. The SMILES string of the molecule is CCn1nnc([C@H]2O[C@@H](n3cnc4c(N[C@H]5CC[C@H](Nc6ccnc(NCCc7cn(C)cn7)n6)CC5)nc(NCCc5cn(C)cn5)nc43)[C@H](O)[C@@H]2O)n1. The molecule has 0 unspecified atom stereocenters. The van der Waals surface area contributed by atoms with Crippen molar-refractivity contribution in [2.24, 2.45) is 14.1 Å². The lowest BCUT2D eigenvalue weighted by Crippen LogP contribution is -2.33. The van der Waals surface area contributed by atoms with Gasteiger partial charge in [0.15, 0.2) is 29.3 Å². The molecular formula is C34H46N18O3. The highest BCUT2D eigenvalue weighted by atomic mass is 16.6. The van der Waals surface area contributed by atoms with Gasteiger partial charge in [-0.15, -0.1) is 10.2 Å². The molecule has 2 aliphatic rings. The van der Waals surface area contributed by atoms with Crippen LogP contribution >= 0.6 is 0 Å². The van der Waals surface area contributed by atoms with Crippen LogP contribution in [0.2, 0.25) is 0 Å². The summed E-state index contributed by atoms with van der Waals surface area (Å²) in [6.45, 7) is 3.61. The number of hydrogen-bond donors (Lipinski definition) is 6. The van der Waals surface area contributed by atoms with E-state index < -0.39 is 24.5 Å². The minimum Gasteiger partial charge on any atom is -0.387 e. The summed E-state index contributed by atoms with van der Waals surface area (Å²) in [6.07, 6.45) is 11.3. The van der Waals surface area contributed by atoms with Crippen LogP contribution in [0.15, 0.2) is 43.6 Å². The molecule has 21 heteroatoms. The van der Waals surface area contributed by atoms with Crippen molar-refractivity contribution in [3.8, 4) is 0 Å². The molecule has 55 heavy (non-hydrogen) atoms. The van der Waals surface area contributed by atoms with Crippen LogP contribution in [-0.4, -0.2) is 116 Å². The monoisotopic (exact) mass is 754 g/mol. The zero-order chi connectivity index (χ0) is 37.9. The first-order valence-corrected chi connectivity index (χ1v) is 18.6. The van der Waals surface area contributed by atoms with Gasteiger partial charge in [-0.05, 0) is 43.9 Å². The fraction of sp³-hybridized carbons (Fsp3) is 0.529. The van der Waals surface area contributed by atoms with Crippen molar-refractivity contribution < 1.29 is 14.9 Å². The molecule has 4 atom stereocenters. The van der Waals surface area contributed by atoms with E-state index in [2.05, 4.69) is 61.6 Å². The van der Waals surface area contributed by atoms with Gasteiger partial charge < -0.3 is 45.4 Å². The summed E-state index contributed by atoms with van der Waals surface area (Å²) < 4.78 is 11.6. The van der Waals surface area contributed by atoms with Crippen LogP contribution < -0.4 is 21.3 Å². The summed E-state index contributed by atoms with van der Waals surface area (Å²) in [5, 5.41) is 48.3. The van der Waals surface area contributed by atoms with Gasteiger partial charge in [-0.3, -0.25) is 4.57 Å². The highest BCUT2D eigenvalue weighted by molar-refractivity contribution is 5.84. The van der Waals surface area contributed by atoms with Crippen molar-refractivity contribution in [1.82, 2.24) is 68.8 Å². The minimum atomic E-state index is -1.31. The van der Waals surface area contributed by atoms with Crippen LogP contribution in [0.4, 0.5) is 23.5 Å². The molecule has 6 aromatic rings. The molecule has 0 amide bonds. The Morgan fingerprint density at radius 2 is 1.49 bits per heavy atom. The van der Waals surface area contributed by atoms with Gasteiger partial charge in [-0.1, -0.05) is 0 Å². The van der Waals surface area contributed by atoms with Crippen molar-refractivity contribution in [1.29, 1.82) is 0 Å². The second-order valence-corrected chi connectivity index (χ2v) is 14.0. The normalized spacial score (nSPS) is 22.6. The van der Waals surface area contributed by atoms with Crippen LogP contribution in [0.1, 0.15) is 62.2 Å². The second-order valence-electron chi connectivity index (χ2n) is 14.0. The highest BCUT2D eigenvalue weighted by Gasteiger charge is 2.47. The van der Waals surface area contributed by atoms with Crippen molar-refractivity contribution in [2.75, 3.05) is 34.4 Å². The van der Waals surface area contributed by atoms with Gasteiger partial charge in [0.1, 0.15) is 18.0 Å². The summed E-state index contributed by atoms with van der Waals surface area (Å²) in [5.41, 5.74) is 2.91. The zero-order valence-corrected chi connectivity index (χ0v) is 30.9. The quantitative estimate of drug-likeness (QED) is 0.0863. The summed E-state index contributed by atoms with van der Waals surface area (Å²) in [7, 11) is 3.89. The van der Waals surface area contributed by atoms with Crippen LogP contribution in [0.25, 0.3) is 11.2 Å². The largest absolute Gasteiger partial charge is 0.387 e. The average Bonchev–Trinajstić information content (AvgIpc) is 4.03. The van der Waals surface area contributed by atoms with E-state index >= 15 is 0 Å². The molecule has 8 rings (SSSR count). The van der Waals surface area contributed by atoms with Crippen LogP contribution in [0.5, 0.6) is 0 Å². The Morgan fingerprint density at radius 1 is 0.800 bits per heavy atom. The fourth-order valence-electron chi connectivity index (χ4n) is 6.99. The molecule has 7 heterocycles. The maximum absolute atomic E-state index is 11.2. The number of tetrazole rings is 1. The summed E-state index contributed by atoms with van der Waals surface area (Å²) in [4.78, 5) is 33.6. The number of rotatable bonds is 15. The van der Waals surface area contributed by atoms with Gasteiger partial charge in [0.05, 0.1) is 36.9 Å². The van der Waals surface area contributed by atoms with Crippen LogP contribution in [-0.2, 0) is 38.2 Å². The molecule has 21 nitrogen and oxygen atoms in total. The first-order chi connectivity index (χ1) is 26.8. The first kappa shape index (κ1) is 36.2. The molecule has 0 aromatic carbocycles. The number of anilines is 4. The van der Waals surface area contributed by atoms with Gasteiger partial charge >= 0.3 is 0 Å². The van der Waals surface area contributed by atoms with E-state index in [0.717, 1.165) is 49.3 Å². The lowest BCUT2D eigenvalue weighted by atomic mass is 9.91. The number of aromatic nitrogens is 14.